The quantitative estimate of drug-likeness (QED) is 0.0290. The second-order valence-corrected chi connectivity index (χ2v) is 14.1. The Balaban J connectivity index is 1.64. The van der Waals surface area contributed by atoms with Gasteiger partial charge in [-0.3, -0.25) is 4.79 Å². The van der Waals surface area contributed by atoms with Gasteiger partial charge in [0.15, 0.2) is 18.9 Å². The predicted octanol–water partition coefficient (Wildman–Crippen LogP) is -2.44. The van der Waals surface area contributed by atoms with Gasteiger partial charge in [-0.05, 0) is 25.7 Å². The molecule has 10 N–H and O–H groups in total. The monoisotopic (exact) mass is 869 g/mol. The van der Waals surface area contributed by atoms with Crippen LogP contribution in [0.15, 0.2) is 0 Å². The van der Waals surface area contributed by atoms with E-state index in [1.807, 2.05) is 22.6 Å². The second-order valence-electron chi connectivity index (χ2n) is 13.4. The van der Waals surface area contributed by atoms with E-state index < -0.39 is 112 Å². The summed E-state index contributed by atoms with van der Waals surface area (Å²) < 4.78 is 40.5. The zero-order valence-electron chi connectivity index (χ0n) is 29.6. The fourth-order valence-corrected chi connectivity index (χ4v) is 6.51. The number of ether oxygens (including phenoxy) is 7. The zero-order valence-corrected chi connectivity index (χ0v) is 31.8. The van der Waals surface area contributed by atoms with Crippen LogP contribution in [0.2, 0.25) is 0 Å². The molecule has 3 rings (SSSR count). The second kappa shape index (κ2) is 24.3. The number of alkyl halides is 1. The molecular weight excluding hydrogens is 809 g/mol. The first-order chi connectivity index (χ1) is 25.0. The summed E-state index contributed by atoms with van der Waals surface area (Å²) in [6, 6.07) is 0. The van der Waals surface area contributed by atoms with E-state index in [9.17, 15) is 50.8 Å². The van der Waals surface area contributed by atoms with E-state index in [1.165, 1.54) is 0 Å². The lowest BCUT2D eigenvalue weighted by Gasteiger charge is -2.47. The van der Waals surface area contributed by atoms with Crippen molar-refractivity contribution in [3.63, 3.8) is 0 Å². The molecule has 0 aliphatic carbocycles. The van der Waals surface area contributed by atoms with Crippen LogP contribution < -0.4 is 5.32 Å². The molecule has 0 aromatic carbocycles. The molecule has 3 heterocycles. The van der Waals surface area contributed by atoms with Crippen LogP contribution >= 0.6 is 22.6 Å². The highest BCUT2D eigenvalue weighted by Crippen LogP contribution is 2.32. The molecule has 15 atom stereocenters. The molecule has 0 bridgehead atoms. The summed E-state index contributed by atoms with van der Waals surface area (Å²) >= 11 is 1.98. The number of carbonyl (C=O) groups excluding carboxylic acids is 1. The molecule has 306 valence electrons. The van der Waals surface area contributed by atoms with Crippen molar-refractivity contribution < 1.29 is 83.9 Å². The topological polar surface area (TPSA) is 276 Å². The van der Waals surface area contributed by atoms with Gasteiger partial charge in [0.1, 0.15) is 73.2 Å². The van der Waals surface area contributed by atoms with Gasteiger partial charge >= 0.3 is 0 Å². The van der Waals surface area contributed by atoms with Crippen LogP contribution in [0.1, 0.15) is 64.7 Å². The lowest BCUT2D eigenvalue weighted by atomic mass is 9.96. The summed E-state index contributed by atoms with van der Waals surface area (Å²) in [4.78, 5) is 11.4. The Labute approximate surface area is 317 Å². The predicted molar refractivity (Wildman–Crippen MR) is 188 cm³/mol. The molecular formula is C33H60INO17. The van der Waals surface area contributed by atoms with Crippen LogP contribution in [0.4, 0.5) is 0 Å². The third-order valence-electron chi connectivity index (χ3n) is 9.38. The molecule has 3 saturated heterocycles. The number of carbonyl (C=O) groups is 1. The average molecular weight is 870 g/mol. The molecule has 0 aromatic heterocycles. The maximum atomic E-state index is 11.4. The molecule has 3 fully saturated rings. The van der Waals surface area contributed by atoms with E-state index in [2.05, 4.69) is 12.2 Å². The highest BCUT2D eigenvalue weighted by molar-refractivity contribution is 14.1. The van der Waals surface area contributed by atoms with Crippen LogP contribution in [0.5, 0.6) is 0 Å². The number of hydrogen-bond acceptors (Lipinski definition) is 17. The first-order valence-electron chi connectivity index (χ1n) is 18.3. The molecule has 19 heteroatoms. The fourth-order valence-electron chi connectivity index (χ4n) is 6.24. The summed E-state index contributed by atoms with van der Waals surface area (Å²) in [7, 11) is 0. The van der Waals surface area contributed by atoms with Crippen molar-refractivity contribution in [3.8, 4) is 0 Å². The third-order valence-corrected chi connectivity index (χ3v) is 10.1. The van der Waals surface area contributed by atoms with E-state index in [-0.39, 0.29) is 19.1 Å². The SMILES string of the molecule is CCCCCCCCO[C@@H]1O[C@H](CO[C@H]2O[C@H](CO)[C@@H](O)[C@H](O)[C@@H]2O)[C@@H](O)[C@H](O[C@H]2O[C@H](CO)[C@@H](OCCCCCNC(=O)CI)[C@H](O)[C@@H]2O)[C@@H]1O. The van der Waals surface area contributed by atoms with Gasteiger partial charge in [0.25, 0.3) is 0 Å². The largest absolute Gasteiger partial charge is 0.394 e. The van der Waals surface area contributed by atoms with Gasteiger partial charge in [-0.1, -0.05) is 61.6 Å². The van der Waals surface area contributed by atoms with Gasteiger partial charge in [-0.25, -0.2) is 0 Å². The van der Waals surface area contributed by atoms with Gasteiger partial charge in [0.05, 0.1) is 24.2 Å². The van der Waals surface area contributed by atoms with Crippen LogP contribution in [0.25, 0.3) is 0 Å². The van der Waals surface area contributed by atoms with Gasteiger partial charge in [0.2, 0.25) is 5.91 Å². The van der Waals surface area contributed by atoms with Gasteiger partial charge in [-0.2, -0.15) is 0 Å². The number of amides is 1. The van der Waals surface area contributed by atoms with E-state index in [1.54, 1.807) is 0 Å². The molecule has 18 nitrogen and oxygen atoms in total. The number of unbranched alkanes of at least 4 members (excludes halogenated alkanes) is 7. The van der Waals surface area contributed by atoms with Crippen molar-refractivity contribution in [1.82, 2.24) is 5.32 Å². The van der Waals surface area contributed by atoms with Crippen molar-refractivity contribution in [2.24, 2.45) is 0 Å². The van der Waals surface area contributed by atoms with Gasteiger partial charge < -0.3 is 84.4 Å². The Kier molecular flexibility index (Phi) is 21.4. The highest BCUT2D eigenvalue weighted by Gasteiger charge is 2.52. The zero-order chi connectivity index (χ0) is 38.2. The van der Waals surface area contributed by atoms with E-state index in [4.69, 9.17) is 33.2 Å². The molecule has 0 saturated carbocycles. The van der Waals surface area contributed by atoms with Crippen LogP contribution in [-0.2, 0) is 38.0 Å². The molecule has 52 heavy (non-hydrogen) atoms. The van der Waals surface area contributed by atoms with Crippen molar-refractivity contribution in [2.45, 2.75) is 157 Å². The number of rotatable bonds is 23. The Bertz CT molecular complexity index is 987. The minimum absolute atomic E-state index is 0.0511. The van der Waals surface area contributed by atoms with Crippen LogP contribution in [0.3, 0.4) is 0 Å². The summed E-state index contributed by atoms with van der Waals surface area (Å²) in [5.41, 5.74) is 0. The van der Waals surface area contributed by atoms with Crippen LogP contribution in [0, 0.1) is 0 Å². The first kappa shape index (κ1) is 45.9. The lowest BCUT2D eigenvalue weighted by molar-refractivity contribution is -0.367. The summed E-state index contributed by atoms with van der Waals surface area (Å²) in [6.07, 6.45) is -14.8. The van der Waals surface area contributed by atoms with Gasteiger partial charge in [-0.15, -0.1) is 0 Å². The van der Waals surface area contributed by atoms with E-state index in [0.29, 0.717) is 36.7 Å². The molecule has 1 amide bonds. The van der Waals surface area contributed by atoms with Crippen molar-refractivity contribution in [1.29, 1.82) is 0 Å². The normalized spacial score (nSPS) is 38.3. The Hall–Kier alpha value is -0.440. The van der Waals surface area contributed by atoms with Gasteiger partial charge in [0, 0.05) is 19.8 Å². The first-order valence-corrected chi connectivity index (χ1v) is 19.8. The lowest BCUT2D eigenvalue weighted by Crippen LogP contribution is -2.65. The number of aliphatic hydroxyl groups is 9. The Morgan fingerprint density at radius 2 is 1.17 bits per heavy atom. The number of nitrogens with one attached hydrogen (secondary N) is 1. The summed E-state index contributed by atoms with van der Waals surface area (Å²) in [6.45, 7) is 1.19. The Morgan fingerprint density at radius 3 is 1.85 bits per heavy atom. The Morgan fingerprint density at radius 1 is 0.596 bits per heavy atom. The number of aliphatic hydroxyl groups excluding tert-OH is 9. The van der Waals surface area contributed by atoms with E-state index in [0.717, 1.165) is 32.1 Å². The maximum Gasteiger partial charge on any atom is 0.229 e. The van der Waals surface area contributed by atoms with Crippen LogP contribution in [-0.4, -0.2) is 188 Å². The van der Waals surface area contributed by atoms with E-state index >= 15 is 0 Å². The standard InChI is InChI=1S/C33H60INO17/c1-2-3-4-5-6-9-13-47-32-28(45)30(23(40)20(51-32)17-48-31-26(43)24(41)22(39)18(15-36)49-31)52-33-27(44)25(42)29(19(16-37)50-33)46-12-10-7-8-11-35-21(38)14-34/h18-20,22-33,36-37,39-45H,2-17H2,1H3,(H,35,38)/t18-,19-,20-,22-,23-,24+,25-,26+,27+,28+,29-,30+,31+,32-,33-/m1/s1. The maximum absolute atomic E-state index is 11.4. The van der Waals surface area contributed by atoms with Crippen molar-refractivity contribution in [3.05, 3.63) is 0 Å². The third kappa shape index (κ3) is 13.4. The molecule has 3 aliphatic heterocycles. The minimum atomic E-state index is -1.73. The number of hydrogen-bond donors (Lipinski definition) is 10. The van der Waals surface area contributed by atoms with Crippen molar-refractivity contribution >= 4 is 28.5 Å². The fraction of sp³-hybridized carbons (Fsp3) is 0.970. The molecule has 0 unspecified atom stereocenters. The molecule has 0 radical (unpaired) electrons. The smallest absolute Gasteiger partial charge is 0.229 e. The summed E-state index contributed by atoms with van der Waals surface area (Å²) in [5.74, 6) is -0.0511. The molecule has 3 aliphatic rings. The molecule has 0 spiro atoms. The average Bonchev–Trinajstić information content (AvgIpc) is 3.14. The molecule has 0 aromatic rings. The van der Waals surface area contributed by atoms with Crippen molar-refractivity contribution in [2.75, 3.05) is 44.0 Å². The highest BCUT2D eigenvalue weighted by atomic mass is 127. The summed E-state index contributed by atoms with van der Waals surface area (Å²) in [5, 5.41) is 97.6. The minimum Gasteiger partial charge on any atom is -0.394 e. The number of halogens is 1.